The zero-order valence-corrected chi connectivity index (χ0v) is 11.8. The average molecular weight is 339 g/mol. The molecule has 0 fully saturated rings. The molecule has 0 aromatic carbocycles. The van der Waals surface area contributed by atoms with Gasteiger partial charge in [0.25, 0.3) is 0 Å². The molecule has 0 aliphatic carbocycles. The fourth-order valence-electron chi connectivity index (χ4n) is 1.11. The van der Waals surface area contributed by atoms with E-state index < -0.39 is 0 Å². The fourth-order valence-corrected chi connectivity index (χ4v) is 2.80. The van der Waals surface area contributed by atoms with E-state index in [2.05, 4.69) is 31.4 Å². The number of hydrogen-bond acceptors (Lipinski definition) is 4. The Labute approximate surface area is 115 Å². The van der Waals surface area contributed by atoms with Crippen LogP contribution in [0.2, 0.25) is 10.3 Å². The third-order valence-corrected chi connectivity index (χ3v) is 3.96. The predicted molar refractivity (Wildman–Crippen MR) is 71.4 cm³/mol. The number of thiophene rings is 1. The van der Waals surface area contributed by atoms with E-state index in [4.69, 9.17) is 23.2 Å². The van der Waals surface area contributed by atoms with Crippen LogP contribution >= 0.6 is 50.5 Å². The second-order valence-corrected chi connectivity index (χ2v) is 5.61. The van der Waals surface area contributed by atoms with Crippen molar-refractivity contribution < 1.29 is 0 Å². The van der Waals surface area contributed by atoms with Gasteiger partial charge in [-0.2, -0.15) is 0 Å². The number of halogens is 3. The van der Waals surface area contributed by atoms with Crippen molar-refractivity contribution in [2.75, 3.05) is 5.32 Å². The van der Waals surface area contributed by atoms with Crippen molar-refractivity contribution >= 4 is 56.2 Å². The average Bonchev–Trinajstić information content (AvgIpc) is 2.66. The molecule has 0 bridgehead atoms. The molecule has 1 N–H and O–H groups in total. The number of nitrogens with zero attached hydrogens (tertiary/aromatic N) is 2. The van der Waals surface area contributed by atoms with Crippen molar-refractivity contribution in [1.29, 1.82) is 0 Å². The molecule has 2 heterocycles. The van der Waals surface area contributed by atoms with Crippen LogP contribution in [0.4, 0.5) is 5.69 Å². The van der Waals surface area contributed by atoms with Gasteiger partial charge in [-0.1, -0.05) is 23.2 Å². The molecular formula is C9H6BrCl2N3S. The smallest absolute Gasteiger partial charge is 0.174 e. The molecule has 16 heavy (non-hydrogen) atoms. The molecule has 0 saturated carbocycles. The van der Waals surface area contributed by atoms with Gasteiger partial charge in [0.05, 0.1) is 5.69 Å². The molecule has 0 radical (unpaired) electrons. The number of aromatic nitrogens is 2. The normalized spacial score (nSPS) is 10.4. The summed E-state index contributed by atoms with van der Waals surface area (Å²) in [7, 11) is 0. The first-order valence-electron chi connectivity index (χ1n) is 4.30. The maximum atomic E-state index is 5.87. The first-order valence-corrected chi connectivity index (χ1v) is 6.73. The zero-order chi connectivity index (χ0) is 11.5. The Kier molecular flexibility index (Phi) is 4.02. The first kappa shape index (κ1) is 12.1. The highest BCUT2D eigenvalue weighted by Crippen LogP contribution is 2.24. The van der Waals surface area contributed by atoms with Gasteiger partial charge in [-0.15, -0.1) is 21.5 Å². The third kappa shape index (κ3) is 3.07. The van der Waals surface area contributed by atoms with Crippen molar-refractivity contribution in [3.8, 4) is 0 Å². The second-order valence-electron chi connectivity index (χ2n) is 2.96. The van der Waals surface area contributed by atoms with E-state index in [1.54, 1.807) is 17.4 Å². The summed E-state index contributed by atoms with van der Waals surface area (Å²) in [5.41, 5.74) is 0.686. The van der Waals surface area contributed by atoms with Crippen LogP contribution in [0.5, 0.6) is 0 Å². The van der Waals surface area contributed by atoms with Crippen LogP contribution in [-0.4, -0.2) is 10.2 Å². The molecule has 0 unspecified atom stereocenters. The summed E-state index contributed by atoms with van der Waals surface area (Å²) < 4.78 is 1.08. The molecule has 7 heteroatoms. The molecule has 2 rings (SSSR count). The minimum absolute atomic E-state index is 0.319. The van der Waals surface area contributed by atoms with E-state index in [1.165, 1.54) is 4.88 Å². The third-order valence-electron chi connectivity index (χ3n) is 1.79. The maximum Gasteiger partial charge on any atom is 0.174 e. The molecule has 0 amide bonds. The van der Waals surface area contributed by atoms with E-state index >= 15 is 0 Å². The van der Waals surface area contributed by atoms with Crippen LogP contribution in [0.25, 0.3) is 0 Å². The van der Waals surface area contributed by atoms with Crippen LogP contribution in [0, 0.1) is 0 Å². The molecule has 2 aromatic rings. The Hall–Kier alpha value is -0.360. The highest BCUT2D eigenvalue weighted by Gasteiger charge is 2.04. The molecule has 2 aromatic heterocycles. The van der Waals surface area contributed by atoms with Crippen LogP contribution in [0.15, 0.2) is 22.0 Å². The standard InChI is InChI=1S/C9H6BrCl2N3S/c10-5-1-6(16-4-5)3-13-7-2-8(11)14-15-9(7)12/h1-2,4H,3H2,(H,13,14). The fraction of sp³-hybridized carbons (Fsp3) is 0.111. The lowest BCUT2D eigenvalue weighted by atomic mass is 10.4. The van der Waals surface area contributed by atoms with Gasteiger partial charge in [-0.25, -0.2) is 0 Å². The predicted octanol–water partition coefficient (Wildman–Crippen LogP) is 4.22. The lowest BCUT2D eigenvalue weighted by Crippen LogP contribution is -2.00. The Morgan fingerprint density at radius 1 is 1.31 bits per heavy atom. The number of nitrogens with one attached hydrogen (secondary N) is 1. The largest absolute Gasteiger partial charge is 0.378 e. The number of rotatable bonds is 3. The van der Waals surface area contributed by atoms with Crippen molar-refractivity contribution in [2.24, 2.45) is 0 Å². The van der Waals surface area contributed by atoms with Gasteiger partial charge in [0, 0.05) is 27.3 Å². The van der Waals surface area contributed by atoms with E-state index in [-0.39, 0.29) is 0 Å². The van der Waals surface area contributed by atoms with Crippen LogP contribution in [0.3, 0.4) is 0 Å². The summed E-state index contributed by atoms with van der Waals surface area (Å²) in [6.07, 6.45) is 0. The zero-order valence-electron chi connectivity index (χ0n) is 7.88. The van der Waals surface area contributed by atoms with Gasteiger partial charge in [0.1, 0.15) is 0 Å². The van der Waals surface area contributed by atoms with Crippen molar-refractivity contribution in [1.82, 2.24) is 10.2 Å². The van der Waals surface area contributed by atoms with Gasteiger partial charge in [0.15, 0.2) is 10.3 Å². The van der Waals surface area contributed by atoms with Crippen LogP contribution < -0.4 is 5.32 Å². The van der Waals surface area contributed by atoms with E-state index in [1.807, 2.05) is 11.4 Å². The van der Waals surface area contributed by atoms with Crippen LogP contribution in [0.1, 0.15) is 4.88 Å². The van der Waals surface area contributed by atoms with E-state index in [0.29, 0.717) is 22.5 Å². The quantitative estimate of drug-likeness (QED) is 0.910. The van der Waals surface area contributed by atoms with E-state index in [9.17, 15) is 0 Å². The molecular weight excluding hydrogens is 333 g/mol. The Morgan fingerprint density at radius 3 is 2.81 bits per heavy atom. The van der Waals surface area contributed by atoms with E-state index in [0.717, 1.165) is 4.47 Å². The summed E-state index contributed by atoms with van der Waals surface area (Å²) in [5.74, 6) is 0. The van der Waals surface area contributed by atoms with Crippen molar-refractivity contribution in [3.05, 3.63) is 37.2 Å². The SMILES string of the molecule is Clc1cc(NCc2cc(Br)cs2)c(Cl)nn1. The van der Waals surface area contributed by atoms with Gasteiger partial charge in [-0.3, -0.25) is 0 Å². The number of anilines is 1. The second kappa shape index (κ2) is 5.31. The van der Waals surface area contributed by atoms with Gasteiger partial charge >= 0.3 is 0 Å². The van der Waals surface area contributed by atoms with Gasteiger partial charge in [0.2, 0.25) is 0 Å². The Balaban J connectivity index is 2.07. The molecule has 0 aliphatic heterocycles. The maximum absolute atomic E-state index is 5.87. The van der Waals surface area contributed by atoms with Crippen molar-refractivity contribution in [3.63, 3.8) is 0 Å². The monoisotopic (exact) mass is 337 g/mol. The minimum atomic E-state index is 0.319. The Morgan fingerprint density at radius 2 is 2.12 bits per heavy atom. The summed E-state index contributed by atoms with van der Waals surface area (Å²) in [5, 5.41) is 13.2. The Bertz CT molecular complexity index is 503. The minimum Gasteiger partial charge on any atom is -0.378 e. The summed E-state index contributed by atoms with van der Waals surface area (Å²) in [6, 6.07) is 3.70. The molecule has 84 valence electrons. The summed E-state index contributed by atoms with van der Waals surface area (Å²) in [4.78, 5) is 1.19. The lowest BCUT2D eigenvalue weighted by molar-refractivity contribution is 1.02. The highest BCUT2D eigenvalue weighted by atomic mass is 79.9. The summed E-state index contributed by atoms with van der Waals surface area (Å²) >= 11 is 16.6. The highest BCUT2D eigenvalue weighted by molar-refractivity contribution is 9.10. The van der Waals surface area contributed by atoms with Crippen LogP contribution in [-0.2, 0) is 6.54 Å². The molecule has 0 saturated heterocycles. The summed E-state index contributed by atoms with van der Waals surface area (Å²) in [6.45, 7) is 0.679. The molecule has 3 nitrogen and oxygen atoms in total. The topological polar surface area (TPSA) is 37.8 Å². The van der Waals surface area contributed by atoms with Crippen molar-refractivity contribution in [2.45, 2.75) is 6.54 Å². The molecule has 0 spiro atoms. The molecule has 0 atom stereocenters. The van der Waals surface area contributed by atoms with Gasteiger partial charge < -0.3 is 5.32 Å². The lowest BCUT2D eigenvalue weighted by Gasteiger charge is -2.05. The first-order chi connectivity index (χ1) is 7.65. The van der Waals surface area contributed by atoms with Gasteiger partial charge in [-0.05, 0) is 22.0 Å². The number of hydrogen-bond donors (Lipinski definition) is 1. The molecule has 0 aliphatic rings.